The molecule has 1 saturated heterocycles. The Bertz CT molecular complexity index is 719. The molecule has 0 aromatic carbocycles. The van der Waals surface area contributed by atoms with Gasteiger partial charge in [-0.3, -0.25) is 4.79 Å². The molecule has 6 unspecified atom stereocenters. The highest BCUT2D eigenvalue weighted by Crippen LogP contribution is 2.77. The maximum absolute atomic E-state index is 13.2. The molecule has 0 aromatic rings. The first-order chi connectivity index (χ1) is 13.3. The summed E-state index contributed by atoms with van der Waals surface area (Å²) in [4.78, 5) is 13.2. The number of aliphatic hydroxyl groups excluding tert-OH is 1. The van der Waals surface area contributed by atoms with Crippen LogP contribution in [0.5, 0.6) is 0 Å². The summed E-state index contributed by atoms with van der Waals surface area (Å²) in [5, 5.41) is 10.4. The summed E-state index contributed by atoms with van der Waals surface area (Å²) in [7, 11) is 0. The van der Waals surface area contributed by atoms with Crippen LogP contribution in [0.15, 0.2) is 0 Å². The first kappa shape index (κ1) is 18.4. The van der Waals surface area contributed by atoms with Gasteiger partial charge in [0.2, 0.25) is 0 Å². The highest BCUT2D eigenvalue weighted by atomic mass is 16.6. The monoisotopic (exact) mass is 386 g/mol. The molecule has 1 N–H and O–H groups in total. The van der Waals surface area contributed by atoms with Crippen LogP contribution < -0.4 is 0 Å². The van der Waals surface area contributed by atoms with E-state index in [1.165, 1.54) is 44.9 Å². The molecule has 6 rings (SSSR count). The molecule has 0 aromatic heterocycles. The summed E-state index contributed by atoms with van der Waals surface area (Å²) in [6.07, 6.45) is 13.1. The van der Waals surface area contributed by atoms with Crippen molar-refractivity contribution in [2.75, 3.05) is 0 Å². The van der Waals surface area contributed by atoms with Crippen LogP contribution in [-0.2, 0) is 9.53 Å². The molecule has 1 spiro atoms. The summed E-state index contributed by atoms with van der Waals surface area (Å²) in [6, 6.07) is 0. The van der Waals surface area contributed by atoms with Crippen LogP contribution in [0.2, 0.25) is 0 Å². The lowest BCUT2D eigenvalue weighted by Gasteiger charge is -2.61. The topological polar surface area (TPSA) is 49.8 Å². The number of epoxide rings is 1. The molecular formula is C25H38O3. The van der Waals surface area contributed by atoms with Gasteiger partial charge in [0, 0.05) is 17.3 Å². The molecule has 0 radical (unpaired) electrons. The summed E-state index contributed by atoms with van der Waals surface area (Å²) in [5.41, 5.74) is 0.371. The van der Waals surface area contributed by atoms with Gasteiger partial charge in [-0.05, 0) is 87.4 Å². The van der Waals surface area contributed by atoms with Crippen LogP contribution in [0.3, 0.4) is 0 Å². The number of hydrogen-bond acceptors (Lipinski definition) is 3. The fraction of sp³-hybridized carbons (Fsp3) is 0.960. The number of aliphatic hydroxyl groups is 1. The molecule has 5 saturated carbocycles. The fourth-order valence-corrected chi connectivity index (χ4v) is 10.5. The van der Waals surface area contributed by atoms with E-state index in [9.17, 15) is 9.90 Å². The lowest BCUT2D eigenvalue weighted by Crippen LogP contribution is -2.60. The van der Waals surface area contributed by atoms with Crippen molar-refractivity contribution in [3.05, 3.63) is 0 Å². The highest BCUT2D eigenvalue weighted by Gasteiger charge is 2.77. The van der Waals surface area contributed by atoms with Crippen LogP contribution in [0, 0.1) is 39.9 Å². The zero-order valence-corrected chi connectivity index (χ0v) is 18.0. The van der Waals surface area contributed by atoms with Crippen LogP contribution >= 0.6 is 0 Å². The highest BCUT2D eigenvalue weighted by molar-refractivity contribution is 5.84. The van der Waals surface area contributed by atoms with E-state index in [-0.39, 0.29) is 27.9 Å². The van der Waals surface area contributed by atoms with Gasteiger partial charge in [0.25, 0.3) is 0 Å². The average molecular weight is 387 g/mol. The van der Waals surface area contributed by atoms with Crippen LogP contribution in [0.4, 0.5) is 0 Å². The van der Waals surface area contributed by atoms with E-state index in [1.54, 1.807) is 0 Å². The number of ketones is 1. The van der Waals surface area contributed by atoms with Crippen molar-refractivity contribution in [1.29, 1.82) is 0 Å². The molecule has 1 heterocycles. The molecule has 3 nitrogen and oxygen atoms in total. The van der Waals surface area contributed by atoms with Gasteiger partial charge in [-0.15, -0.1) is 0 Å². The third-order valence-electron chi connectivity index (χ3n) is 11.7. The Hall–Kier alpha value is -0.410. The second-order valence-corrected chi connectivity index (χ2v) is 12.1. The van der Waals surface area contributed by atoms with Crippen molar-refractivity contribution < 1.29 is 14.6 Å². The van der Waals surface area contributed by atoms with E-state index in [0.717, 1.165) is 37.5 Å². The number of ether oxygens (including phenoxy) is 1. The third kappa shape index (κ3) is 1.84. The van der Waals surface area contributed by atoms with Crippen molar-refractivity contribution >= 4 is 5.78 Å². The first-order valence-electron chi connectivity index (χ1n) is 12.2. The maximum atomic E-state index is 13.2. The third-order valence-corrected chi connectivity index (χ3v) is 11.7. The van der Waals surface area contributed by atoms with Gasteiger partial charge in [0.05, 0.1) is 12.2 Å². The predicted molar refractivity (Wildman–Crippen MR) is 108 cm³/mol. The van der Waals surface area contributed by atoms with Gasteiger partial charge in [0.1, 0.15) is 11.4 Å². The molecule has 5 aliphatic carbocycles. The number of hydrogen-bond donors (Lipinski definition) is 1. The van der Waals surface area contributed by atoms with Gasteiger partial charge in [-0.25, -0.2) is 0 Å². The average Bonchev–Trinajstić information content (AvgIpc) is 3.27. The Morgan fingerprint density at radius 1 is 0.964 bits per heavy atom. The Labute approximate surface area is 170 Å². The van der Waals surface area contributed by atoms with Crippen molar-refractivity contribution in [2.45, 2.75) is 109 Å². The Morgan fingerprint density at radius 2 is 1.75 bits per heavy atom. The first-order valence-corrected chi connectivity index (χ1v) is 12.2. The van der Waals surface area contributed by atoms with Crippen LogP contribution in [0.25, 0.3) is 0 Å². The number of Topliss-reactive ketones (excluding diaryl/α,β-unsaturated/α-hetero) is 1. The number of fused-ring (bicyclic) bond motifs is 6. The van der Waals surface area contributed by atoms with Crippen molar-refractivity contribution in [2.24, 2.45) is 39.9 Å². The minimum atomic E-state index is -0.168. The van der Waals surface area contributed by atoms with Crippen LogP contribution in [0.1, 0.15) is 91.4 Å². The van der Waals surface area contributed by atoms with E-state index in [1.807, 2.05) is 6.92 Å². The summed E-state index contributed by atoms with van der Waals surface area (Å²) >= 11 is 0. The van der Waals surface area contributed by atoms with Gasteiger partial charge in [0.15, 0.2) is 0 Å². The Balaban J connectivity index is 1.40. The van der Waals surface area contributed by atoms with E-state index in [2.05, 4.69) is 13.8 Å². The van der Waals surface area contributed by atoms with Crippen molar-refractivity contribution in [1.82, 2.24) is 0 Å². The van der Waals surface area contributed by atoms with Gasteiger partial charge in [-0.2, -0.15) is 0 Å². The molecule has 10 atom stereocenters. The molecule has 156 valence electrons. The van der Waals surface area contributed by atoms with Crippen molar-refractivity contribution in [3.8, 4) is 0 Å². The minimum absolute atomic E-state index is 0.0246. The Morgan fingerprint density at radius 3 is 2.54 bits per heavy atom. The lowest BCUT2D eigenvalue weighted by atomic mass is 9.42. The normalized spacial score (nSPS) is 62.0. The van der Waals surface area contributed by atoms with Gasteiger partial charge < -0.3 is 9.84 Å². The molecular weight excluding hydrogens is 348 g/mol. The second-order valence-electron chi connectivity index (χ2n) is 12.1. The van der Waals surface area contributed by atoms with Gasteiger partial charge >= 0.3 is 0 Å². The number of carbonyl (C=O) groups excluding carboxylic acids is 1. The maximum Gasteiger partial charge on any atom is 0.136 e. The molecule has 0 amide bonds. The summed E-state index contributed by atoms with van der Waals surface area (Å²) in [5.74, 6) is 3.27. The SMILES string of the molecule is CC(=O)C12CCCCC1CC1C3C[C@@H]4O[C@@]45CC(O)CC[C@]5(C)C3CC[C@@]12C. The standard InChI is InChI=1S/C25H38O3/c1-15(26)24-9-5-4-6-16(24)12-20-18-13-21-25(28-21)14-17(27)7-10-23(25,3)19(18)8-11-22(20,24)2/h16-21,27H,4-14H2,1-3H3/t16?,17?,18?,19?,20?,21-,22-,23+,24?,25-/m0/s1. The molecule has 1 aliphatic heterocycles. The summed E-state index contributed by atoms with van der Waals surface area (Å²) < 4.78 is 6.48. The lowest BCUT2D eigenvalue weighted by molar-refractivity contribution is -0.154. The molecule has 3 heteroatoms. The number of carbonyl (C=O) groups is 1. The molecule has 6 fully saturated rings. The predicted octanol–water partition coefficient (Wildman–Crippen LogP) is 4.90. The molecule has 6 aliphatic rings. The van der Waals surface area contributed by atoms with Gasteiger partial charge in [-0.1, -0.05) is 26.7 Å². The minimum Gasteiger partial charge on any atom is -0.393 e. The summed E-state index contributed by atoms with van der Waals surface area (Å²) in [6.45, 7) is 6.93. The zero-order chi connectivity index (χ0) is 19.5. The van der Waals surface area contributed by atoms with E-state index < -0.39 is 0 Å². The van der Waals surface area contributed by atoms with E-state index in [4.69, 9.17) is 4.74 Å². The van der Waals surface area contributed by atoms with Crippen LogP contribution in [-0.4, -0.2) is 28.7 Å². The molecule has 0 bridgehead atoms. The second kappa shape index (κ2) is 5.44. The molecule has 28 heavy (non-hydrogen) atoms. The van der Waals surface area contributed by atoms with Crippen molar-refractivity contribution in [3.63, 3.8) is 0 Å². The smallest absolute Gasteiger partial charge is 0.136 e. The van der Waals surface area contributed by atoms with E-state index >= 15 is 0 Å². The largest absolute Gasteiger partial charge is 0.393 e. The Kier molecular flexibility index (Phi) is 3.57. The quantitative estimate of drug-likeness (QED) is 0.652. The number of rotatable bonds is 1. The van der Waals surface area contributed by atoms with E-state index in [0.29, 0.717) is 23.7 Å². The zero-order valence-electron chi connectivity index (χ0n) is 18.0. The fourth-order valence-electron chi connectivity index (χ4n) is 10.5.